The maximum atomic E-state index is 13.0. The number of nitrogens with zero attached hydrogens (tertiary/aromatic N) is 1. The topological polar surface area (TPSA) is 101 Å². The fourth-order valence-corrected chi connectivity index (χ4v) is 4.11. The summed E-state index contributed by atoms with van der Waals surface area (Å²) in [6.45, 7) is 11.1. The van der Waals surface area contributed by atoms with Crippen LogP contribution < -0.4 is 19.5 Å². The van der Waals surface area contributed by atoms with Crippen molar-refractivity contribution in [2.75, 3.05) is 20.3 Å². The first-order chi connectivity index (χ1) is 18.2. The Balaban J connectivity index is 1.74. The third-order valence-electron chi connectivity index (χ3n) is 5.96. The highest BCUT2D eigenvalue weighted by Gasteiger charge is 2.22. The minimum absolute atomic E-state index is 0.0218. The number of rotatable bonds is 15. The Hall–Kier alpha value is -3.55. The fraction of sp³-hybridized carbons (Fsp3) is 0.500. The van der Waals surface area contributed by atoms with Crippen LogP contribution in [0, 0.1) is 5.41 Å². The summed E-state index contributed by atoms with van der Waals surface area (Å²) in [5.74, 6) is 1.83. The lowest BCUT2D eigenvalue weighted by molar-refractivity contribution is -0.119. The number of benzene rings is 2. The molecule has 2 rings (SSSR count). The van der Waals surface area contributed by atoms with Crippen LogP contribution in [0.3, 0.4) is 0 Å². The number of amidine groups is 1. The smallest absolute Gasteiger partial charge is 0.254 e. The molecular formula is C30H43N3O5. The van der Waals surface area contributed by atoms with Crippen LogP contribution in [0.15, 0.2) is 42.5 Å². The van der Waals surface area contributed by atoms with E-state index in [-0.39, 0.29) is 29.7 Å². The van der Waals surface area contributed by atoms with E-state index < -0.39 is 0 Å². The van der Waals surface area contributed by atoms with Crippen LogP contribution in [-0.2, 0) is 4.79 Å². The number of hydrogen-bond donors (Lipinski definition) is 2. The monoisotopic (exact) mass is 525 g/mol. The average molecular weight is 526 g/mol. The molecule has 8 heteroatoms. The number of methoxy groups -OCH3 is 1. The zero-order valence-corrected chi connectivity index (χ0v) is 23.6. The minimum atomic E-state index is -0.146. The van der Waals surface area contributed by atoms with Gasteiger partial charge in [-0.05, 0) is 95.8 Å². The maximum absolute atomic E-state index is 13.0. The molecule has 0 unspecified atom stereocenters. The van der Waals surface area contributed by atoms with Gasteiger partial charge in [0.2, 0.25) is 5.91 Å². The van der Waals surface area contributed by atoms with Gasteiger partial charge in [-0.2, -0.15) is 0 Å². The summed E-state index contributed by atoms with van der Waals surface area (Å²) < 4.78 is 17.2. The first kappa shape index (κ1) is 30.7. The van der Waals surface area contributed by atoms with Gasteiger partial charge in [0.1, 0.15) is 11.6 Å². The van der Waals surface area contributed by atoms with Gasteiger partial charge in [-0.1, -0.05) is 6.92 Å². The van der Waals surface area contributed by atoms with Crippen molar-refractivity contribution in [1.82, 2.24) is 10.2 Å². The van der Waals surface area contributed by atoms with E-state index in [0.29, 0.717) is 42.3 Å². The maximum Gasteiger partial charge on any atom is 0.254 e. The molecule has 0 aliphatic carbocycles. The van der Waals surface area contributed by atoms with Crippen molar-refractivity contribution in [3.8, 4) is 17.2 Å². The quantitative estimate of drug-likeness (QED) is 0.173. The highest BCUT2D eigenvalue weighted by Crippen LogP contribution is 2.29. The first-order valence-electron chi connectivity index (χ1n) is 13.4. The third kappa shape index (κ3) is 9.39. The molecule has 0 heterocycles. The van der Waals surface area contributed by atoms with E-state index in [2.05, 4.69) is 5.32 Å². The number of carbonyl (C=O) groups excluding carboxylic acids is 2. The molecule has 0 saturated heterocycles. The lowest BCUT2D eigenvalue weighted by Gasteiger charge is -2.31. The van der Waals surface area contributed by atoms with Crippen LogP contribution in [0.4, 0.5) is 0 Å². The highest BCUT2D eigenvalue weighted by atomic mass is 16.5. The Morgan fingerprint density at radius 2 is 1.47 bits per heavy atom. The summed E-state index contributed by atoms with van der Waals surface area (Å²) >= 11 is 0. The van der Waals surface area contributed by atoms with Gasteiger partial charge < -0.3 is 24.4 Å². The minimum Gasteiger partial charge on any atom is -0.494 e. The zero-order valence-electron chi connectivity index (χ0n) is 23.6. The van der Waals surface area contributed by atoms with Crippen LogP contribution in [0.1, 0.15) is 82.6 Å². The first-order valence-corrected chi connectivity index (χ1v) is 13.4. The van der Waals surface area contributed by atoms with E-state index in [4.69, 9.17) is 19.6 Å². The fourth-order valence-electron chi connectivity index (χ4n) is 4.11. The summed E-state index contributed by atoms with van der Waals surface area (Å²) in [6.07, 6.45) is 3.82. The summed E-state index contributed by atoms with van der Waals surface area (Å²) in [7, 11) is 1.58. The van der Waals surface area contributed by atoms with Gasteiger partial charge >= 0.3 is 0 Å². The predicted octanol–water partition coefficient (Wildman–Crippen LogP) is 5.82. The molecule has 2 aromatic carbocycles. The van der Waals surface area contributed by atoms with Crippen LogP contribution in [0.2, 0.25) is 0 Å². The zero-order chi connectivity index (χ0) is 28.1. The largest absolute Gasteiger partial charge is 0.494 e. The van der Waals surface area contributed by atoms with Crippen molar-refractivity contribution < 1.29 is 23.8 Å². The molecule has 0 aromatic heterocycles. The van der Waals surface area contributed by atoms with Gasteiger partial charge in [0, 0.05) is 29.6 Å². The van der Waals surface area contributed by atoms with Crippen LogP contribution >= 0.6 is 0 Å². The van der Waals surface area contributed by atoms with E-state index in [1.54, 1.807) is 49.6 Å². The van der Waals surface area contributed by atoms with E-state index in [0.717, 1.165) is 31.4 Å². The van der Waals surface area contributed by atoms with Gasteiger partial charge in [-0.3, -0.25) is 15.0 Å². The Morgan fingerprint density at radius 1 is 0.868 bits per heavy atom. The van der Waals surface area contributed by atoms with Gasteiger partial charge in [0.15, 0.2) is 11.5 Å². The molecule has 0 atom stereocenters. The molecule has 2 N–H and O–H groups in total. The van der Waals surface area contributed by atoms with Crippen molar-refractivity contribution in [2.45, 2.75) is 78.8 Å². The number of nitrogens with one attached hydrogen (secondary N) is 2. The summed E-state index contributed by atoms with van der Waals surface area (Å²) in [4.78, 5) is 26.5. The molecule has 0 bridgehead atoms. The van der Waals surface area contributed by atoms with Crippen LogP contribution in [0.5, 0.6) is 17.2 Å². The van der Waals surface area contributed by atoms with E-state index in [1.165, 1.54) is 0 Å². The molecule has 0 radical (unpaired) electrons. The van der Waals surface area contributed by atoms with E-state index in [9.17, 15) is 9.59 Å². The van der Waals surface area contributed by atoms with Gasteiger partial charge in [0.05, 0.1) is 20.3 Å². The predicted molar refractivity (Wildman–Crippen MR) is 151 cm³/mol. The lowest BCUT2D eigenvalue weighted by atomic mass is 10.1. The second-order valence-electron chi connectivity index (χ2n) is 9.72. The highest BCUT2D eigenvalue weighted by molar-refractivity contribution is 6.06. The summed E-state index contributed by atoms with van der Waals surface area (Å²) in [5.41, 5.74) is 1.23. The Morgan fingerprint density at radius 3 is 2.05 bits per heavy atom. The number of unbranched alkanes of at least 4 members (excludes halogenated alkanes) is 2. The Labute approximate surface area is 227 Å². The molecule has 0 aliphatic rings. The molecule has 2 aromatic rings. The van der Waals surface area contributed by atoms with E-state index >= 15 is 0 Å². The van der Waals surface area contributed by atoms with Gasteiger partial charge in [-0.15, -0.1) is 0 Å². The van der Waals surface area contributed by atoms with Crippen molar-refractivity contribution in [3.05, 3.63) is 53.6 Å². The molecule has 8 nitrogen and oxygen atoms in total. The molecular weight excluding hydrogens is 482 g/mol. The Bertz CT molecular complexity index is 1040. The number of carbonyl (C=O) groups is 2. The van der Waals surface area contributed by atoms with Crippen molar-refractivity contribution in [1.29, 1.82) is 5.41 Å². The second-order valence-corrected chi connectivity index (χ2v) is 9.72. The number of ether oxygens (including phenoxy) is 3. The van der Waals surface area contributed by atoms with Crippen molar-refractivity contribution in [2.24, 2.45) is 0 Å². The molecule has 0 fully saturated rings. The number of amides is 2. The lowest BCUT2D eigenvalue weighted by Crippen LogP contribution is -2.42. The average Bonchev–Trinajstić information content (AvgIpc) is 2.88. The van der Waals surface area contributed by atoms with Gasteiger partial charge in [-0.25, -0.2) is 0 Å². The van der Waals surface area contributed by atoms with Crippen molar-refractivity contribution in [3.63, 3.8) is 0 Å². The standard InChI is InChI=1S/C30H43N3O5/c1-7-11-28(34)32-29(31)23-12-15-25(16-13-23)37-18-9-8-10-19-38-26-17-14-24(20-27(26)36-6)30(35)33(21(2)3)22(4)5/h12-17,20-22H,7-11,18-19H2,1-6H3,(H2,31,32,34). The van der Waals surface area contributed by atoms with E-state index in [1.807, 2.05) is 39.5 Å². The van der Waals surface area contributed by atoms with Gasteiger partial charge in [0.25, 0.3) is 5.91 Å². The van der Waals surface area contributed by atoms with Crippen LogP contribution in [-0.4, -0.2) is 55.0 Å². The molecule has 208 valence electrons. The number of hydrogen-bond acceptors (Lipinski definition) is 6. The normalized spacial score (nSPS) is 10.8. The molecule has 0 aliphatic heterocycles. The Kier molecular flexibility index (Phi) is 12.6. The third-order valence-corrected chi connectivity index (χ3v) is 5.96. The SMILES string of the molecule is CCCC(=O)NC(=N)c1ccc(OCCCCCOc2ccc(C(=O)N(C(C)C)C(C)C)cc2OC)cc1. The summed E-state index contributed by atoms with van der Waals surface area (Å²) in [5, 5.41) is 10.6. The summed E-state index contributed by atoms with van der Waals surface area (Å²) in [6, 6.07) is 12.7. The molecule has 2 amide bonds. The van der Waals surface area contributed by atoms with Crippen LogP contribution in [0.25, 0.3) is 0 Å². The molecule has 38 heavy (non-hydrogen) atoms. The molecule has 0 saturated carbocycles. The van der Waals surface area contributed by atoms with Crippen molar-refractivity contribution >= 4 is 17.6 Å². The second kappa shape index (κ2) is 15.6. The molecule has 0 spiro atoms.